The van der Waals surface area contributed by atoms with Gasteiger partial charge in [-0.3, -0.25) is 14.4 Å². The normalized spacial score (nSPS) is 14.9. The van der Waals surface area contributed by atoms with Crippen molar-refractivity contribution >= 4 is 27.8 Å². The van der Waals surface area contributed by atoms with Crippen LogP contribution in [0, 0.1) is 34.5 Å². The Balaban J connectivity index is -0.000000786. The molecular weight excluding hydrogens is 601 g/mol. The van der Waals surface area contributed by atoms with Gasteiger partial charge in [0.25, 0.3) is 0 Å². The zero-order valence-corrected chi connectivity index (χ0v) is 28.8. The van der Waals surface area contributed by atoms with Crippen LogP contribution in [0.25, 0.3) is 0 Å². The molecule has 12 heteroatoms. The SMILES string of the molecule is C.C=C(OS(=O)(=O)C(F)(F)F)C(C)C[C@H](C)CCCOC(=O)C(C)(C)C.CC(=O)C(C)C[C@H](C)CCCOC(=O)C(C)(C)C. The van der Waals surface area contributed by atoms with Crippen LogP contribution in [0.2, 0.25) is 0 Å². The van der Waals surface area contributed by atoms with Gasteiger partial charge in [0.1, 0.15) is 11.5 Å². The molecule has 0 saturated heterocycles. The van der Waals surface area contributed by atoms with Crippen molar-refractivity contribution in [2.45, 2.75) is 128 Å². The number of esters is 2. The molecule has 0 saturated carbocycles. The highest BCUT2D eigenvalue weighted by Gasteiger charge is 2.49. The second kappa shape index (κ2) is 20.1. The first-order chi connectivity index (χ1) is 19.2. The van der Waals surface area contributed by atoms with Gasteiger partial charge in [-0.25, -0.2) is 0 Å². The number of halogens is 3. The molecule has 0 aliphatic carbocycles. The predicted octanol–water partition coefficient (Wildman–Crippen LogP) is 8.64. The first-order valence-electron chi connectivity index (χ1n) is 14.8. The number of hydrogen-bond donors (Lipinski definition) is 0. The number of rotatable bonds is 16. The summed E-state index contributed by atoms with van der Waals surface area (Å²) in [6.07, 6.45) is 4.45. The lowest BCUT2D eigenvalue weighted by atomic mass is 9.91. The topological polar surface area (TPSA) is 113 Å². The van der Waals surface area contributed by atoms with Gasteiger partial charge in [-0.2, -0.15) is 21.6 Å². The van der Waals surface area contributed by atoms with Gasteiger partial charge in [0.15, 0.2) is 0 Å². The average Bonchev–Trinajstić information content (AvgIpc) is 2.82. The van der Waals surface area contributed by atoms with Gasteiger partial charge in [-0.15, -0.1) is 0 Å². The predicted molar refractivity (Wildman–Crippen MR) is 168 cm³/mol. The van der Waals surface area contributed by atoms with E-state index in [9.17, 15) is 36.0 Å². The van der Waals surface area contributed by atoms with Gasteiger partial charge in [-0.1, -0.05) is 41.7 Å². The Hall–Kier alpha value is -2.11. The van der Waals surface area contributed by atoms with Crippen LogP contribution in [-0.4, -0.2) is 44.9 Å². The highest BCUT2D eigenvalue weighted by Crippen LogP contribution is 2.30. The minimum Gasteiger partial charge on any atom is -0.465 e. The summed E-state index contributed by atoms with van der Waals surface area (Å²) < 4.78 is 73.1. The number of carbonyl (C=O) groups is 3. The quantitative estimate of drug-likeness (QED) is 0.0532. The van der Waals surface area contributed by atoms with E-state index >= 15 is 0 Å². The number of ketones is 1. The van der Waals surface area contributed by atoms with Crippen molar-refractivity contribution in [3.8, 4) is 0 Å². The van der Waals surface area contributed by atoms with Crippen LogP contribution < -0.4 is 0 Å². The molecule has 0 spiro atoms. The Bertz CT molecular complexity index is 992. The van der Waals surface area contributed by atoms with Gasteiger partial charge < -0.3 is 13.7 Å². The molecule has 262 valence electrons. The molecule has 0 aliphatic heterocycles. The number of carbonyl (C=O) groups excluding carboxylic acids is 3. The Morgan fingerprint density at radius 1 is 0.727 bits per heavy atom. The summed E-state index contributed by atoms with van der Waals surface area (Å²) in [7, 11) is -5.68. The third-order valence-electron chi connectivity index (χ3n) is 6.63. The van der Waals surface area contributed by atoms with Gasteiger partial charge in [-0.05, 0) is 98.8 Å². The van der Waals surface area contributed by atoms with Crippen LogP contribution in [0.3, 0.4) is 0 Å². The number of ether oxygens (including phenoxy) is 2. The molecule has 0 rings (SSSR count). The van der Waals surface area contributed by atoms with Crippen molar-refractivity contribution in [1.29, 1.82) is 0 Å². The molecular formula is C32H59F3O8S. The maximum atomic E-state index is 12.3. The lowest BCUT2D eigenvalue weighted by molar-refractivity contribution is -0.153. The fraction of sp³-hybridized carbons (Fsp3) is 0.844. The van der Waals surface area contributed by atoms with Gasteiger partial charge >= 0.3 is 27.6 Å². The van der Waals surface area contributed by atoms with E-state index in [1.807, 2.05) is 34.6 Å². The zero-order chi connectivity index (χ0) is 34.4. The van der Waals surface area contributed by atoms with E-state index in [-0.39, 0.29) is 43.6 Å². The highest BCUT2D eigenvalue weighted by molar-refractivity contribution is 7.87. The minimum atomic E-state index is -5.68. The Morgan fingerprint density at radius 2 is 1.07 bits per heavy atom. The van der Waals surface area contributed by atoms with E-state index in [2.05, 4.69) is 17.7 Å². The van der Waals surface area contributed by atoms with E-state index in [0.717, 1.165) is 19.3 Å². The monoisotopic (exact) mass is 660 g/mol. The van der Waals surface area contributed by atoms with Crippen LogP contribution >= 0.6 is 0 Å². The summed E-state index contributed by atoms with van der Waals surface area (Å²) in [4.78, 5) is 34.2. The Kier molecular flexibility index (Phi) is 21.2. The molecule has 8 nitrogen and oxygen atoms in total. The largest absolute Gasteiger partial charge is 0.534 e. The van der Waals surface area contributed by atoms with Crippen molar-refractivity contribution in [3.63, 3.8) is 0 Å². The molecule has 2 unspecified atom stereocenters. The molecule has 0 bridgehead atoms. The first-order valence-corrected chi connectivity index (χ1v) is 16.2. The second-order valence-corrected chi connectivity index (χ2v) is 15.1. The fourth-order valence-electron chi connectivity index (χ4n) is 3.64. The molecule has 0 radical (unpaired) electrons. The van der Waals surface area contributed by atoms with Gasteiger partial charge in [0, 0.05) is 11.8 Å². The molecule has 0 N–H and O–H groups in total. The maximum Gasteiger partial charge on any atom is 0.534 e. The van der Waals surface area contributed by atoms with Crippen molar-refractivity contribution in [2.24, 2.45) is 34.5 Å². The molecule has 44 heavy (non-hydrogen) atoms. The van der Waals surface area contributed by atoms with E-state index in [4.69, 9.17) is 9.47 Å². The van der Waals surface area contributed by atoms with Crippen molar-refractivity contribution in [3.05, 3.63) is 12.3 Å². The fourth-order valence-corrected chi connectivity index (χ4v) is 4.18. The standard InChI is InChI=1S/C16H27F3O5S.C15H28O3.CH4/c1-11(8-7-9-23-14(20)15(4,5)6)10-12(2)13(3)24-25(21,22)16(17,18)19;1-11(10-12(2)13(3)16)8-7-9-18-14(17)15(4,5)6;/h11-12H,3,7-10H2,1-2,4-6H3;11-12H,7-10H2,1-6H3;1H4/t2*11-,12?;/m11./s1. The Morgan fingerprint density at radius 3 is 1.36 bits per heavy atom. The zero-order valence-electron chi connectivity index (χ0n) is 28.0. The number of Topliss-reactive ketones (excluding diaryl/α,β-unsaturated/α-hetero) is 1. The maximum absolute atomic E-state index is 12.3. The summed E-state index contributed by atoms with van der Waals surface area (Å²) in [6.45, 7) is 24.0. The average molecular weight is 661 g/mol. The smallest absolute Gasteiger partial charge is 0.465 e. The van der Waals surface area contributed by atoms with Crippen LogP contribution in [0.4, 0.5) is 13.2 Å². The summed E-state index contributed by atoms with van der Waals surface area (Å²) in [5.74, 6) is -0.500. The number of hydrogen-bond acceptors (Lipinski definition) is 8. The molecule has 0 amide bonds. The molecule has 4 atom stereocenters. The van der Waals surface area contributed by atoms with E-state index < -0.39 is 38.1 Å². The van der Waals surface area contributed by atoms with E-state index in [0.29, 0.717) is 31.8 Å². The summed E-state index contributed by atoms with van der Waals surface area (Å²) in [5, 5.41) is 0. The molecule has 0 aromatic rings. The Labute approximate surface area is 265 Å². The second-order valence-electron chi connectivity index (χ2n) is 13.6. The van der Waals surface area contributed by atoms with Gasteiger partial charge in [0.05, 0.1) is 24.0 Å². The van der Waals surface area contributed by atoms with E-state index in [1.54, 1.807) is 34.6 Å². The molecule has 0 aromatic heterocycles. The van der Waals surface area contributed by atoms with Crippen LogP contribution in [0.15, 0.2) is 12.3 Å². The van der Waals surface area contributed by atoms with Crippen LogP contribution in [0.5, 0.6) is 0 Å². The highest BCUT2D eigenvalue weighted by atomic mass is 32.2. The van der Waals surface area contributed by atoms with Crippen LogP contribution in [-0.2, 0) is 38.2 Å². The van der Waals surface area contributed by atoms with Crippen molar-refractivity contribution in [1.82, 2.24) is 0 Å². The molecule has 0 heterocycles. The van der Waals surface area contributed by atoms with Crippen LogP contribution in [0.1, 0.15) is 122 Å². The first kappa shape index (κ1) is 46.3. The summed E-state index contributed by atoms with van der Waals surface area (Å²) >= 11 is 0. The number of alkyl halides is 3. The third kappa shape index (κ3) is 20.8. The number of allylic oxidation sites excluding steroid dienone is 1. The molecule has 0 aliphatic rings. The lowest BCUT2D eigenvalue weighted by Gasteiger charge is -2.20. The third-order valence-corrected chi connectivity index (χ3v) is 7.63. The molecule has 0 fully saturated rings. The van der Waals surface area contributed by atoms with Crippen molar-refractivity contribution in [2.75, 3.05) is 13.2 Å². The minimum absolute atomic E-state index is 0. The van der Waals surface area contributed by atoms with Crippen molar-refractivity contribution < 1.29 is 49.6 Å². The molecule has 0 aromatic carbocycles. The van der Waals surface area contributed by atoms with E-state index in [1.165, 1.54) is 0 Å². The van der Waals surface area contributed by atoms with Gasteiger partial charge in [0.2, 0.25) is 0 Å². The summed E-state index contributed by atoms with van der Waals surface area (Å²) in [5.41, 5.74) is -6.47. The lowest BCUT2D eigenvalue weighted by Crippen LogP contribution is -2.26. The summed E-state index contributed by atoms with van der Waals surface area (Å²) in [6, 6.07) is 0.